The van der Waals surface area contributed by atoms with E-state index in [2.05, 4.69) is 25.9 Å². The molecule has 0 atom stereocenters. The van der Waals surface area contributed by atoms with Crippen molar-refractivity contribution >= 4 is 27.5 Å². The first-order valence-corrected chi connectivity index (χ1v) is 8.30. The average Bonchev–Trinajstić information content (AvgIpc) is 2.61. The van der Waals surface area contributed by atoms with Gasteiger partial charge in [-0.1, -0.05) is 39.7 Å². The van der Waals surface area contributed by atoms with E-state index >= 15 is 0 Å². The molecule has 0 N–H and O–H groups in total. The summed E-state index contributed by atoms with van der Waals surface area (Å²) >= 11 is 9.63. The molecule has 1 heterocycles. The Morgan fingerprint density at radius 3 is 2.17 bits per heavy atom. The average molecular weight is 406 g/mol. The minimum absolute atomic E-state index is 0.382. The molecule has 122 valence electrons. The highest BCUT2D eigenvalue weighted by Crippen LogP contribution is 2.32. The van der Waals surface area contributed by atoms with E-state index in [0.717, 1.165) is 21.3 Å². The SMILES string of the molecule is COc1ccc(-c2nc(Cl)cc(-c3ccc(Br)cc3)n2)cc1OC. The number of benzene rings is 2. The second kappa shape index (κ2) is 7.20. The van der Waals surface area contributed by atoms with Gasteiger partial charge in [0, 0.05) is 21.7 Å². The molecule has 0 radical (unpaired) electrons. The van der Waals surface area contributed by atoms with Crippen LogP contribution in [-0.4, -0.2) is 24.2 Å². The molecule has 0 bridgehead atoms. The van der Waals surface area contributed by atoms with Gasteiger partial charge in [-0.25, -0.2) is 9.97 Å². The number of hydrogen-bond acceptors (Lipinski definition) is 4. The lowest BCUT2D eigenvalue weighted by molar-refractivity contribution is 0.355. The third kappa shape index (κ3) is 3.52. The first kappa shape index (κ1) is 16.7. The van der Waals surface area contributed by atoms with Crippen LogP contribution in [-0.2, 0) is 0 Å². The van der Waals surface area contributed by atoms with Crippen molar-refractivity contribution in [3.8, 4) is 34.1 Å². The fourth-order valence-corrected chi connectivity index (χ4v) is 2.74. The highest BCUT2D eigenvalue weighted by Gasteiger charge is 2.11. The molecule has 2 aromatic carbocycles. The number of methoxy groups -OCH3 is 2. The third-order valence-electron chi connectivity index (χ3n) is 3.48. The molecule has 0 aliphatic rings. The normalized spacial score (nSPS) is 10.5. The van der Waals surface area contributed by atoms with Crippen LogP contribution in [0.3, 0.4) is 0 Å². The molecule has 1 aromatic heterocycles. The van der Waals surface area contributed by atoms with Crippen molar-refractivity contribution in [3.63, 3.8) is 0 Å². The van der Waals surface area contributed by atoms with Crippen LogP contribution in [0.4, 0.5) is 0 Å². The van der Waals surface area contributed by atoms with Gasteiger partial charge in [-0.05, 0) is 30.3 Å². The predicted octanol–water partition coefficient (Wildman–Crippen LogP) is 5.24. The molecular formula is C18H14BrClN2O2. The second-order valence-electron chi connectivity index (χ2n) is 4.98. The summed E-state index contributed by atoms with van der Waals surface area (Å²) in [7, 11) is 3.19. The summed E-state index contributed by atoms with van der Waals surface area (Å²) in [6.45, 7) is 0. The van der Waals surface area contributed by atoms with E-state index in [1.165, 1.54) is 0 Å². The van der Waals surface area contributed by atoms with Crippen LogP contribution in [0.2, 0.25) is 5.15 Å². The first-order valence-electron chi connectivity index (χ1n) is 7.13. The fourth-order valence-electron chi connectivity index (χ4n) is 2.29. The second-order valence-corrected chi connectivity index (χ2v) is 6.28. The molecule has 0 spiro atoms. The number of aromatic nitrogens is 2. The zero-order valence-electron chi connectivity index (χ0n) is 13.1. The van der Waals surface area contributed by atoms with Gasteiger partial charge in [0.25, 0.3) is 0 Å². The molecule has 0 aliphatic carbocycles. The molecular weight excluding hydrogens is 392 g/mol. The maximum absolute atomic E-state index is 6.20. The van der Waals surface area contributed by atoms with Crippen LogP contribution >= 0.6 is 27.5 Å². The van der Waals surface area contributed by atoms with Crippen LogP contribution in [0.1, 0.15) is 0 Å². The van der Waals surface area contributed by atoms with Crippen LogP contribution in [0.25, 0.3) is 22.6 Å². The number of ether oxygens (including phenoxy) is 2. The van der Waals surface area contributed by atoms with Gasteiger partial charge in [-0.2, -0.15) is 0 Å². The molecule has 6 heteroatoms. The smallest absolute Gasteiger partial charge is 0.161 e. The van der Waals surface area contributed by atoms with Crippen LogP contribution in [0.15, 0.2) is 53.0 Å². The topological polar surface area (TPSA) is 44.2 Å². The van der Waals surface area contributed by atoms with Crippen LogP contribution < -0.4 is 9.47 Å². The van der Waals surface area contributed by atoms with E-state index in [1.54, 1.807) is 20.3 Å². The van der Waals surface area contributed by atoms with E-state index in [4.69, 9.17) is 21.1 Å². The minimum atomic E-state index is 0.382. The van der Waals surface area contributed by atoms with Gasteiger partial charge in [0.15, 0.2) is 17.3 Å². The Labute approximate surface area is 153 Å². The zero-order chi connectivity index (χ0) is 17.1. The Bertz CT molecular complexity index is 869. The van der Waals surface area contributed by atoms with Gasteiger partial charge < -0.3 is 9.47 Å². The van der Waals surface area contributed by atoms with Crippen LogP contribution in [0.5, 0.6) is 11.5 Å². The van der Waals surface area contributed by atoms with Crippen molar-refractivity contribution in [2.45, 2.75) is 0 Å². The van der Waals surface area contributed by atoms with Gasteiger partial charge in [0.05, 0.1) is 19.9 Å². The maximum Gasteiger partial charge on any atom is 0.161 e. The Hall–Kier alpha value is -2.11. The fraction of sp³-hybridized carbons (Fsp3) is 0.111. The highest BCUT2D eigenvalue weighted by molar-refractivity contribution is 9.10. The van der Waals surface area contributed by atoms with Crippen molar-refractivity contribution in [1.82, 2.24) is 9.97 Å². The molecule has 0 fully saturated rings. The van der Waals surface area contributed by atoms with Crippen molar-refractivity contribution in [3.05, 3.63) is 58.2 Å². The molecule has 3 rings (SSSR count). The monoisotopic (exact) mass is 404 g/mol. The summed E-state index contributed by atoms with van der Waals surface area (Å²) in [5, 5.41) is 0.382. The lowest BCUT2D eigenvalue weighted by Crippen LogP contribution is -1.95. The third-order valence-corrected chi connectivity index (χ3v) is 4.20. The highest BCUT2D eigenvalue weighted by atomic mass is 79.9. The Balaban J connectivity index is 2.07. The molecule has 4 nitrogen and oxygen atoms in total. The number of halogens is 2. The van der Waals surface area contributed by atoms with Gasteiger partial charge in [-0.15, -0.1) is 0 Å². The van der Waals surface area contributed by atoms with Crippen molar-refractivity contribution < 1.29 is 9.47 Å². The lowest BCUT2D eigenvalue weighted by atomic mass is 10.1. The van der Waals surface area contributed by atoms with E-state index in [-0.39, 0.29) is 0 Å². The van der Waals surface area contributed by atoms with Crippen molar-refractivity contribution in [1.29, 1.82) is 0 Å². The summed E-state index contributed by atoms with van der Waals surface area (Å²) in [5.41, 5.74) is 2.52. The zero-order valence-corrected chi connectivity index (χ0v) is 15.4. The minimum Gasteiger partial charge on any atom is -0.493 e. The summed E-state index contributed by atoms with van der Waals surface area (Å²) in [5.74, 6) is 1.79. The summed E-state index contributed by atoms with van der Waals surface area (Å²) in [6.07, 6.45) is 0. The maximum atomic E-state index is 6.20. The van der Waals surface area contributed by atoms with Crippen molar-refractivity contribution in [2.75, 3.05) is 14.2 Å². The summed E-state index contributed by atoms with van der Waals surface area (Å²) in [4.78, 5) is 8.95. The Kier molecular flexibility index (Phi) is 5.02. The van der Waals surface area contributed by atoms with Gasteiger partial charge in [-0.3, -0.25) is 0 Å². The van der Waals surface area contributed by atoms with E-state index in [1.807, 2.05) is 42.5 Å². The van der Waals surface area contributed by atoms with Crippen molar-refractivity contribution in [2.24, 2.45) is 0 Å². The molecule has 0 aliphatic heterocycles. The van der Waals surface area contributed by atoms with E-state index in [0.29, 0.717) is 22.5 Å². The van der Waals surface area contributed by atoms with Gasteiger partial charge >= 0.3 is 0 Å². The standard InChI is InChI=1S/C18H14BrClN2O2/c1-23-15-8-5-12(9-16(15)24-2)18-21-14(10-17(20)22-18)11-3-6-13(19)7-4-11/h3-10H,1-2H3. The summed E-state index contributed by atoms with van der Waals surface area (Å²) in [6, 6.07) is 15.1. The molecule has 24 heavy (non-hydrogen) atoms. The molecule has 0 amide bonds. The first-order chi connectivity index (χ1) is 11.6. The van der Waals surface area contributed by atoms with E-state index in [9.17, 15) is 0 Å². The van der Waals surface area contributed by atoms with Gasteiger partial charge in [0.1, 0.15) is 5.15 Å². The molecule has 0 saturated carbocycles. The predicted molar refractivity (Wildman–Crippen MR) is 98.7 cm³/mol. The van der Waals surface area contributed by atoms with E-state index < -0.39 is 0 Å². The molecule has 0 unspecified atom stereocenters. The Morgan fingerprint density at radius 2 is 1.50 bits per heavy atom. The number of nitrogens with zero attached hydrogens (tertiary/aromatic N) is 2. The quantitative estimate of drug-likeness (QED) is 0.557. The largest absolute Gasteiger partial charge is 0.493 e. The van der Waals surface area contributed by atoms with Gasteiger partial charge in [0.2, 0.25) is 0 Å². The molecule has 3 aromatic rings. The number of hydrogen-bond donors (Lipinski definition) is 0. The molecule has 0 saturated heterocycles. The summed E-state index contributed by atoms with van der Waals surface area (Å²) < 4.78 is 11.6. The number of rotatable bonds is 4. The lowest BCUT2D eigenvalue weighted by Gasteiger charge is -2.10. The van der Waals surface area contributed by atoms with Crippen LogP contribution in [0, 0.1) is 0 Å². The Morgan fingerprint density at radius 1 is 0.833 bits per heavy atom.